The Kier molecular flexibility index (Phi) is 3.99. The number of pyridine rings is 1. The Morgan fingerprint density at radius 2 is 2.00 bits per heavy atom. The van der Waals surface area contributed by atoms with Crippen LogP contribution in [0.25, 0.3) is 0 Å². The van der Waals surface area contributed by atoms with Crippen LogP contribution in [0.5, 0.6) is 0 Å². The van der Waals surface area contributed by atoms with E-state index in [1.54, 1.807) is 0 Å². The predicted molar refractivity (Wildman–Crippen MR) is 68.1 cm³/mol. The quantitative estimate of drug-likeness (QED) is 0.833. The summed E-state index contributed by atoms with van der Waals surface area (Å²) in [5.41, 5.74) is -0.657. The summed E-state index contributed by atoms with van der Waals surface area (Å²) in [6.45, 7) is -0.252. The number of aromatic carboxylic acids is 1. The molecule has 2 rings (SSSR count). The van der Waals surface area contributed by atoms with Gasteiger partial charge in [0.25, 0.3) is 5.56 Å². The summed E-state index contributed by atoms with van der Waals surface area (Å²) in [4.78, 5) is 34.5. The largest absolute Gasteiger partial charge is 0.477 e. The van der Waals surface area contributed by atoms with Crippen molar-refractivity contribution in [3.8, 4) is 0 Å². The molecule has 0 aromatic carbocycles. The maximum atomic E-state index is 11.8. The summed E-state index contributed by atoms with van der Waals surface area (Å²) in [5, 5.41) is 11.8. The van der Waals surface area contributed by atoms with E-state index in [1.807, 2.05) is 0 Å². The Morgan fingerprint density at radius 3 is 2.63 bits per heavy atom. The van der Waals surface area contributed by atoms with Crippen LogP contribution in [0.2, 0.25) is 0 Å². The van der Waals surface area contributed by atoms with Gasteiger partial charge in [-0.1, -0.05) is 18.9 Å². The molecule has 6 heteroatoms. The minimum atomic E-state index is -1.22. The zero-order valence-corrected chi connectivity index (χ0v) is 10.5. The second-order valence-corrected chi connectivity index (χ2v) is 4.69. The van der Waals surface area contributed by atoms with E-state index in [9.17, 15) is 14.4 Å². The van der Waals surface area contributed by atoms with Crippen LogP contribution in [0.3, 0.4) is 0 Å². The highest BCUT2D eigenvalue weighted by Crippen LogP contribution is 2.17. The number of rotatable bonds is 4. The molecule has 0 atom stereocenters. The number of aromatic nitrogens is 1. The topological polar surface area (TPSA) is 88.4 Å². The number of amides is 1. The number of hydrogen-bond donors (Lipinski definition) is 2. The minimum Gasteiger partial charge on any atom is -0.477 e. The monoisotopic (exact) mass is 264 g/mol. The number of carbonyl (C=O) groups excluding carboxylic acids is 1. The van der Waals surface area contributed by atoms with Gasteiger partial charge < -0.3 is 10.4 Å². The van der Waals surface area contributed by atoms with Gasteiger partial charge >= 0.3 is 5.97 Å². The van der Waals surface area contributed by atoms with Crippen LogP contribution in [0.15, 0.2) is 23.0 Å². The van der Waals surface area contributed by atoms with Gasteiger partial charge in [-0.15, -0.1) is 0 Å². The number of hydrogen-bond acceptors (Lipinski definition) is 3. The van der Waals surface area contributed by atoms with Crippen LogP contribution < -0.4 is 10.9 Å². The van der Waals surface area contributed by atoms with Gasteiger partial charge in [-0.25, -0.2) is 4.79 Å². The number of carboxylic acid groups (broad SMARTS) is 1. The molecule has 1 aliphatic rings. The Bertz CT molecular complexity index is 544. The first-order valence-electron chi connectivity index (χ1n) is 6.30. The maximum Gasteiger partial charge on any atom is 0.352 e. The molecule has 1 amide bonds. The third kappa shape index (κ3) is 3.21. The lowest BCUT2D eigenvalue weighted by Crippen LogP contribution is -2.38. The Labute approximate surface area is 110 Å². The molecule has 0 bridgehead atoms. The molecule has 1 heterocycles. The molecule has 102 valence electrons. The fraction of sp³-hybridized carbons (Fsp3) is 0.462. The lowest BCUT2D eigenvalue weighted by Gasteiger charge is -2.14. The SMILES string of the molecule is O=C(Cn1c(C(=O)O)cccc1=O)NC1CCCC1. The molecule has 1 fully saturated rings. The average Bonchev–Trinajstić information content (AvgIpc) is 2.84. The van der Waals surface area contributed by atoms with E-state index in [4.69, 9.17) is 5.11 Å². The van der Waals surface area contributed by atoms with Gasteiger partial charge in [0, 0.05) is 12.1 Å². The van der Waals surface area contributed by atoms with Crippen molar-refractivity contribution in [2.75, 3.05) is 0 Å². The molecule has 0 spiro atoms. The summed E-state index contributed by atoms with van der Waals surface area (Å²) in [7, 11) is 0. The highest BCUT2D eigenvalue weighted by molar-refractivity contribution is 5.86. The summed E-state index contributed by atoms with van der Waals surface area (Å²) in [6, 6.07) is 4.08. The van der Waals surface area contributed by atoms with Gasteiger partial charge in [0.15, 0.2) is 0 Å². The fourth-order valence-electron chi connectivity index (χ4n) is 2.36. The predicted octanol–water partition coefficient (Wildman–Crippen LogP) is 0.605. The van der Waals surface area contributed by atoms with Crippen molar-refractivity contribution in [3.63, 3.8) is 0 Å². The van der Waals surface area contributed by atoms with E-state index in [-0.39, 0.29) is 24.2 Å². The molecule has 0 aliphatic heterocycles. The molecule has 0 radical (unpaired) electrons. The standard InChI is InChI=1S/C13H16N2O4/c16-11(14-9-4-1-2-5-9)8-15-10(13(18)19)6-3-7-12(15)17/h3,6-7,9H,1-2,4-5,8H2,(H,14,16)(H,18,19). The molecule has 1 aromatic rings. The van der Waals surface area contributed by atoms with Gasteiger partial charge in [-0.2, -0.15) is 0 Å². The molecule has 0 unspecified atom stereocenters. The van der Waals surface area contributed by atoms with Crippen LogP contribution in [0, 0.1) is 0 Å². The third-order valence-electron chi connectivity index (χ3n) is 3.29. The smallest absolute Gasteiger partial charge is 0.352 e. The fourth-order valence-corrected chi connectivity index (χ4v) is 2.36. The molecule has 1 saturated carbocycles. The van der Waals surface area contributed by atoms with Crippen LogP contribution in [-0.4, -0.2) is 27.6 Å². The van der Waals surface area contributed by atoms with Gasteiger partial charge in [0.1, 0.15) is 12.2 Å². The Balaban J connectivity index is 2.11. The van der Waals surface area contributed by atoms with Crippen LogP contribution in [-0.2, 0) is 11.3 Å². The van der Waals surface area contributed by atoms with E-state index in [2.05, 4.69) is 5.32 Å². The first-order chi connectivity index (χ1) is 9.08. The van der Waals surface area contributed by atoms with E-state index >= 15 is 0 Å². The van der Waals surface area contributed by atoms with E-state index in [0.29, 0.717) is 0 Å². The third-order valence-corrected chi connectivity index (χ3v) is 3.29. The first-order valence-corrected chi connectivity index (χ1v) is 6.30. The molecule has 0 saturated heterocycles. The number of nitrogens with zero attached hydrogens (tertiary/aromatic N) is 1. The van der Waals surface area contributed by atoms with Gasteiger partial charge in [0.05, 0.1) is 0 Å². The summed E-state index contributed by atoms with van der Waals surface area (Å²) in [5.74, 6) is -1.53. The lowest BCUT2D eigenvalue weighted by atomic mass is 10.2. The second kappa shape index (κ2) is 5.69. The van der Waals surface area contributed by atoms with Gasteiger partial charge in [-0.05, 0) is 18.9 Å². The van der Waals surface area contributed by atoms with E-state index in [0.717, 1.165) is 30.3 Å². The van der Waals surface area contributed by atoms with Crippen LogP contribution in [0.4, 0.5) is 0 Å². The normalized spacial score (nSPS) is 15.4. The van der Waals surface area contributed by atoms with Crippen molar-refractivity contribution >= 4 is 11.9 Å². The van der Waals surface area contributed by atoms with Crippen molar-refractivity contribution in [2.45, 2.75) is 38.3 Å². The lowest BCUT2D eigenvalue weighted by molar-refractivity contribution is -0.122. The molecule has 6 nitrogen and oxygen atoms in total. The number of nitrogens with one attached hydrogen (secondary N) is 1. The molecular formula is C13H16N2O4. The average molecular weight is 264 g/mol. The summed E-state index contributed by atoms with van der Waals surface area (Å²) in [6.07, 6.45) is 4.08. The van der Waals surface area contributed by atoms with Crippen molar-refractivity contribution in [2.24, 2.45) is 0 Å². The second-order valence-electron chi connectivity index (χ2n) is 4.69. The molecule has 1 aromatic heterocycles. The zero-order valence-electron chi connectivity index (χ0n) is 10.5. The van der Waals surface area contributed by atoms with E-state index < -0.39 is 11.5 Å². The first kappa shape index (κ1) is 13.3. The van der Waals surface area contributed by atoms with Crippen molar-refractivity contribution in [1.82, 2.24) is 9.88 Å². The molecule has 19 heavy (non-hydrogen) atoms. The highest BCUT2D eigenvalue weighted by atomic mass is 16.4. The summed E-state index contributed by atoms with van der Waals surface area (Å²) < 4.78 is 0.979. The van der Waals surface area contributed by atoms with Crippen molar-refractivity contribution in [1.29, 1.82) is 0 Å². The molecule has 2 N–H and O–H groups in total. The zero-order chi connectivity index (χ0) is 13.8. The summed E-state index contributed by atoms with van der Waals surface area (Å²) >= 11 is 0. The highest BCUT2D eigenvalue weighted by Gasteiger charge is 2.19. The molecular weight excluding hydrogens is 248 g/mol. The Morgan fingerprint density at radius 1 is 1.32 bits per heavy atom. The van der Waals surface area contributed by atoms with Crippen molar-refractivity contribution < 1.29 is 14.7 Å². The number of carboxylic acids is 1. The van der Waals surface area contributed by atoms with E-state index in [1.165, 1.54) is 18.2 Å². The maximum absolute atomic E-state index is 11.8. The van der Waals surface area contributed by atoms with Gasteiger partial charge in [0.2, 0.25) is 5.91 Å². The molecule has 1 aliphatic carbocycles. The van der Waals surface area contributed by atoms with Crippen LogP contribution in [0.1, 0.15) is 36.2 Å². The van der Waals surface area contributed by atoms with Crippen molar-refractivity contribution in [3.05, 3.63) is 34.2 Å². The van der Waals surface area contributed by atoms with Crippen LogP contribution >= 0.6 is 0 Å². The number of carbonyl (C=O) groups is 2. The Hall–Kier alpha value is -2.11. The minimum absolute atomic E-state index is 0.153. The van der Waals surface area contributed by atoms with Gasteiger partial charge in [-0.3, -0.25) is 14.2 Å².